The molecule has 1 aromatic carbocycles. The average molecular weight is 339 g/mol. The first-order valence-electron chi connectivity index (χ1n) is 7.74. The van der Waals surface area contributed by atoms with Crippen LogP contribution in [0.5, 0.6) is 11.5 Å². The summed E-state index contributed by atoms with van der Waals surface area (Å²) in [4.78, 5) is 28.4. The molecule has 2 aromatic rings. The minimum absolute atomic E-state index is 0.140. The van der Waals surface area contributed by atoms with Crippen LogP contribution in [0.2, 0.25) is 0 Å². The van der Waals surface area contributed by atoms with Crippen molar-refractivity contribution in [3.63, 3.8) is 0 Å². The van der Waals surface area contributed by atoms with Crippen LogP contribution in [0.25, 0.3) is 0 Å². The van der Waals surface area contributed by atoms with Crippen LogP contribution >= 0.6 is 0 Å². The maximum atomic E-state index is 12.4. The van der Waals surface area contributed by atoms with E-state index in [9.17, 15) is 9.59 Å². The normalized spacial score (nSPS) is 12.2. The standard InChI is InChI=1S/C18H17N3O4/c1-2-8-19-17(22)13-4-3-5-14(21-13)18(23)20-12-6-7-15-16(11-12)25-10-9-24-15/h2-7,11H,1,8-10H2,(H,19,22)(H,20,23). The first-order chi connectivity index (χ1) is 12.2. The topological polar surface area (TPSA) is 89.6 Å². The second-order valence-corrected chi connectivity index (χ2v) is 5.22. The molecular formula is C18H17N3O4. The molecule has 2 heterocycles. The summed E-state index contributed by atoms with van der Waals surface area (Å²) in [5.74, 6) is 0.432. The van der Waals surface area contributed by atoms with E-state index >= 15 is 0 Å². The number of pyridine rings is 1. The number of ether oxygens (including phenoxy) is 2. The van der Waals surface area contributed by atoms with Crippen molar-refractivity contribution in [1.82, 2.24) is 10.3 Å². The average Bonchev–Trinajstić information content (AvgIpc) is 2.66. The third-order valence-corrected chi connectivity index (χ3v) is 3.42. The maximum absolute atomic E-state index is 12.4. The lowest BCUT2D eigenvalue weighted by molar-refractivity contribution is 0.0953. The molecule has 7 nitrogen and oxygen atoms in total. The second-order valence-electron chi connectivity index (χ2n) is 5.22. The SMILES string of the molecule is C=CCNC(=O)c1cccc(C(=O)Nc2ccc3c(c2)OCCO3)n1. The Hall–Kier alpha value is -3.35. The smallest absolute Gasteiger partial charge is 0.274 e. The quantitative estimate of drug-likeness (QED) is 0.814. The Morgan fingerprint density at radius 2 is 1.80 bits per heavy atom. The highest BCUT2D eigenvalue weighted by Gasteiger charge is 2.15. The Bertz CT molecular complexity index is 820. The van der Waals surface area contributed by atoms with Crippen molar-refractivity contribution in [2.45, 2.75) is 0 Å². The molecule has 25 heavy (non-hydrogen) atoms. The van der Waals surface area contributed by atoms with Crippen molar-refractivity contribution in [2.24, 2.45) is 0 Å². The molecule has 0 saturated heterocycles. The highest BCUT2D eigenvalue weighted by Crippen LogP contribution is 2.32. The van der Waals surface area contributed by atoms with Crippen molar-refractivity contribution < 1.29 is 19.1 Å². The van der Waals surface area contributed by atoms with Crippen LogP contribution < -0.4 is 20.1 Å². The highest BCUT2D eigenvalue weighted by molar-refractivity contribution is 6.04. The Morgan fingerprint density at radius 3 is 2.56 bits per heavy atom. The van der Waals surface area contributed by atoms with Gasteiger partial charge in [0, 0.05) is 18.3 Å². The van der Waals surface area contributed by atoms with E-state index in [1.807, 2.05) is 0 Å². The van der Waals surface area contributed by atoms with Crippen LogP contribution in [-0.4, -0.2) is 36.6 Å². The summed E-state index contributed by atoms with van der Waals surface area (Å²) in [6.45, 7) is 4.83. The minimum Gasteiger partial charge on any atom is -0.486 e. The number of hydrogen-bond donors (Lipinski definition) is 2. The van der Waals surface area contributed by atoms with Crippen LogP contribution in [0, 0.1) is 0 Å². The van der Waals surface area contributed by atoms with Gasteiger partial charge >= 0.3 is 0 Å². The summed E-state index contributed by atoms with van der Waals surface area (Å²) in [6, 6.07) is 9.82. The molecule has 0 aliphatic carbocycles. The first kappa shape index (κ1) is 16.5. The summed E-state index contributed by atoms with van der Waals surface area (Å²) in [5, 5.41) is 5.35. The summed E-state index contributed by atoms with van der Waals surface area (Å²) < 4.78 is 10.9. The van der Waals surface area contributed by atoms with Crippen LogP contribution in [0.1, 0.15) is 21.0 Å². The molecule has 7 heteroatoms. The molecule has 0 atom stereocenters. The summed E-state index contributed by atoms with van der Waals surface area (Å²) in [6.07, 6.45) is 1.57. The molecular weight excluding hydrogens is 322 g/mol. The van der Waals surface area contributed by atoms with E-state index in [2.05, 4.69) is 22.2 Å². The Morgan fingerprint density at radius 1 is 1.08 bits per heavy atom. The number of nitrogens with one attached hydrogen (secondary N) is 2. The number of anilines is 1. The van der Waals surface area contributed by atoms with E-state index in [0.717, 1.165) is 0 Å². The van der Waals surface area contributed by atoms with Gasteiger partial charge in [0.15, 0.2) is 11.5 Å². The molecule has 0 fully saturated rings. The van der Waals surface area contributed by atoms with Gasteiger partial charge in [-0.05, 0) is 24.3 Å². The third-order valence-electron chi connectivity index (χ3n) is 3.42. The zero-order valence-corrected chi connectivity index (χ0v) is 13.5. The Kier molecular flexibility index (Phi) is 4.94. The number of amides is 2. The molecule has 2 N–H and O–H groups in total. The lowest BCUT2D eigenvalue weighted by atomic mass is 10.2. The summed E-state index contributed by atoms with van der Waals surface area (Å²) in [7, 11) is 0. The minimum atomic E-state index is -0.421. The van der Waals surface area contributed by atoms with Crippen LogP contribution in [0.3, 0.4) is 0 Å². The zero-order valence-electron chi connectivity index (χ0n) is 13.5. The number of nitrogens with zero attached hydrogens (tertiary/aromatic N) is 1. The molecule has 1 aromatic heterocycles. The number of benzene rings is 1. The molecule has 1 aliphatic rings. The lowest BCUT2D eigenvalue weighted by Crippen LogP contribution is -2.25. The van der Waals surface area contributed by atoms with Gasteiger partial charge in [-0.25, -0.2) is 4.98 Å². The van der Waals surface area contributed by atoms with Crippen molar-refractivity contribution in [1.29, 1.82) is 0 Å². The maximum Gasteiger partial charge on any atom is 0.274 e. The van der Waals surface area contributed by atoms with Crippen molar-refractivity contribution in [2.75, 3.05) is 25.1 Å². The van der Waals surface area contributed by atoms with Gasteiger partial charge in [-0.1, -0.05) is 12.1 Å². The van der Waals surface area contributed by atoms with Gasteiger partial charge in [-0.2, -0.15) is 0 Å². The second kappa shape index (κ2) is 7.48. The molecule has 0 unspecified atom stereocenters. The highest BCUT2D eigenvalue weighted by atomic mass is 16.6. The number of aromatic nitrogens is 1. The summed E-state index contributed by atoms with van der Waals surface area (Å²) >= 11 is 0. The van der Waals surface area contributed by atoms with Gasteiger partial charge in [0.25, 0.3) is 11.8 Å². The van der Waals surface area contributed by atoms with Gasteiger partial charge < -0.3 is 20.1 Å². The van der Waals surface area contributed by atoms with E-state index in [4.69, 9.17) is 9.47 Å². The van der Waals surface area contributed by atoms with Crippen LogP contribution in [0.15, 0.2) is 49.1 Å². The van der Waals surface area contributed by atoms with Crippen LogP contribution in [-0.2, 0) is 0 Å². The van der Waals surface area contributed by atoms with Gasteiger partial charge in [0.1, 0.15) is 24.6 Å². The third kappa shape index (κ3) is 3.95. The van der Waals surface area contributed by atoms with Crippen molar-refractivity contribution >= 4 is 17.5 Å². The fourth-order valence-electron chi connectivity index (χ4n) is 2.26. The zero-order chi connectivity index (χ0) is 17.6. The van der Waals surface area contributed by atoms with Crippen LogP contribution in [0.4, 0.5) is 5.69 Å². The largest absolute Gasteiger partial charge is 0.486 e. The van der Waals surface area contributed by atoms with E-state index in [1.165, 1.54) is 6.07 Å². The predicted molar refractivity (Wildman–Crippen MR) is 92.2 cm³/mol. The van der Waals surface area contributed by atoms with Gasteiger partial charge in [-0.3, -0.25) is 9.59 Å². The monoisotopic (exact) mass is 339 g/mol. The fraction of sp³-hybridized carbons (Fsp3) is 0.167. The molecule has 0 spiro atoms. The molecule has 3 rings (SSSR count). The van der Waals surface area contributed by atoms with Crippen molar-refractivity contribution in [3.8, 4) is 11.5 Å². The number of hydrogen-bond acceptors (Lipinski definition) is 5. The lowest BCUT2D eigenvalue weighted by Gasteiger charge is -2.19. The van der Waals surface area contributed by atoms with E-state index in [-0.39, 0.29) is 17.3 Å². The van der Waals surface area contributed by atoms with Crippen molar-refractivity contribution in [3.05, 3.63) is 60.4 Å². The molecule has 128 valence electrons. The number of fused-ring (bicyclic) bond motifs is 1. The summed E-state index contributed by atoms with van der Waals surface area (Å²) in [5.41, 5.74) is 0.857. The van der Waals surface area contributed by atoms with Gasteiger partial charge in [-0.15, -0.1) is 6.58 Å². The van der Waals surface area contributed by atoms with Gasteiger partial charge in [0.2, 0.25) is 0 Å². The fourth-order valence-corrected chi connectivity index (χ4v) is 2.26. The number of carbonyl (C=O) groups excluding carboxylic acids is 2. The van der Waals surface area contributed by atoms with E-state index < -0.39 is 5.91 Å². The van der Waals surface area contributed by atoms with Gasteiger partial charge in [0.05, 0.1) is 0 Å². The molecule has 1 aliphatic heterocycles. The molecule has 0 radical (unpaired) electrons. The molecule has 0 saturated carbocycles. The Balaban J connectivity index is 1.73. The number of rotatable bonds is 5. The Labute approximate surface area is 144 Å². The number of carbonyl (C=O) groups is 2. The first-order valence-corrected chi connectivity index (χ1v) is 7.74. The van der Waals surface area contributed by atoms with E-state index in [1.54, 1.807) is 36.4 Å². The molecule has 2 amide bonds. The molecule has 0 bridgehead atoms. The van der Waals surface area contributed by atoms with E-state index in [0.29, 0.717) is 36.9 Å². The predicted octanol–water partition coefficient (Wildman–Crippen LogP) is 2.02.